The van der Waals surface area contributed by atoms with E-state index in [1.165, 1.54) is 6.92 Å². The first-order chi connectivity index (χ1) is 9.77. The van der Waals surface area contributed by atoms with Crippen LogP contribution < -0.4 is 0 Å². The molecule has 0 aromatic carbocycles. The lowest BCUT2D eigenvalue weighted by Gasteiger charge is -2.54. The van der Waals surface area contributed by atoms with Gasteiger partial charge < -0.3 is 14.9 Å². The summed E-state index contributed by atoms with van der Waals surface area (Å²) in [5.41, 5.74) is -1.25. The number of likely N-dealkylation sites (N-methyl/N-ethyl adjacent to an activating group) is 1. The molecule has 0 spiro atoms. The fourth-order valence-electron chi connectivity index (χ4n) is 4.22. The molecule has 0 aromatic rings. The summed E-state index contributed by atoms with van der Waals surface area (Å²) in [5.74, 6) is -0.146. The van der Waals surface area contributed by atoms with Crippen molar-refractivity contribution in [2.45, 2.75) is 63.6 Å². The van der Waals surface area contributed by atoms with Gasteiger partial charge in [-0.2, -0.15) is 0 Å². The zero-order chi connectivity index (χ0) is 15.8. The summed E-state index contributed by atoms with van der Waals surface area (Å²) in [5, 5.41) is 10.9. The monoisotopic (exact) mass is 296 g/mol. The number of ketones is 1. The summed E-state index contributed by atoms with van der Waals surface area (Å²) in [6.07, 6.45) is 4.18. The molecule has 120 valence electrons. The smallest absolute Gasteiger partial charge is 0.237 e. The number of amides is 1. The number of Topliss-reactive ketones (excluding diaryl/α,β-unsaturated/α-hetero) is 1. The predicted octanol–water partition coefficient (Wildman–Crippen LogP) is 1.05. The lowest BCUT2D eigenvalue weighted by atomic mass is 9.65. The molecule has 1 saturated carbocycles. The number of carbonyl (C=O) groups excluding carboxylic acids is 2. The van der Waals surface area contributed by atoms with E-state index in [4.69, 9.17) is 0 Å². The quantitative estimate of drug-likeness (QED) is 0.845. The normalized spacial score (nSPS) is 36.5. The number of hydrogen-bond acceptors (Lipinski definition) is 4. The maximum atomic E-state index is 12.6. The van der Waals surface area contributed by atoms with Gasteiger partial charge in [0.1, 0.15) is 5.60 Å². The van der Waals surface area contributed by atoms with E-state index in [9.17, 15) is 14.7 Å². The van der Waals surface area contributed by atoms with Gasteiger partial charge in [-0.3, -0.25) is 9.59 Å². The van der Waals surface area contributed by atoms with E-state index in [2.05, 4.69) is 0 Å². The first-order valence-electron chi connectivity index (χ1n) is 7.96. The molecule has 1 aliphatic carbocycles. The molecule has 0 bridgehead atoms. The van der Waals surface area contributed by atoms with E-state index < -0.39 is 5.60 Å². The number of piperidine rings is 1. The molecule has 2 rings (SSSR count). The summed E-state index contributed by atoms with van der Waals surface area (Å²) < 4.78 is 0. The highest BCUT2D eigenvalue weighted by molar-refractivity contribution is 5.86. The molecule has 0 aromatic heterocycles. The van der Waals surface area contributed by atoms with Crippen LogP contribution in [0.15, 0.2) is 0 Å². The third-order valence-corrected chi connectivity index (χ3v) is 5.13. The molecule has 4 unspecified atom stereocenters. The van der Waals surface area contributed by atoms with Crippen molar-refractivity contribution in [1.29, 1.82) is 0 Å². The van der Waals surface area contributed by atoms with E-state index in [1.54, 1.807) is 0 Å². The Morgan fingerprint density at radius 3 is 2.48 bits per heavy atom. The van der Waals surface area contributed by atoms with Gasteiger partial charge in [0.25, 0.3) is 0 Å². The molecule has 5 heteroatoms. The van der Waals surface area contributed by atoms with Gasteiger partial charge >= 0.3 is 0 Å². The van der Waals surface area contributed by atoms with E-state index >= 15 is 0 Å². The number of nitrogens with zero attached hydrogens (tertiary/aromatic N) is 2. The molecular formula is C16H28N2O3. The molecule has 21 heavy (non-hydrogen) atoms. The molecular weight excluding hydrogens is 268 g/mol. The Kier molecular flexibility index (Phi) is 4.73. The highest BCUT2D eigenvalue weighted by Gasteiger charge is 2.54. The number of carbonyl (C=O) groups is 2. The minimum Gasteiger partial charge on any atom is -0.382 e. The molecule has 2 fully saturated rings. The van der Waals surface area contributed by atoms with E-state index in [-0.39, 0.29) is 29.7 Å². The van der Waals surface area contributed by atoms with Crippen molar-refractivity contribution in [2.24, 2.45) is 5.92 Å². The van der Waals surface area contributed by atoms with Crippen LogP contribution in [0.4, 0.5) is 0 Å². The highest BCUT2D eigenvalue weighted by Crippen LogP contribution is 2.44. The Morgan fingerprint density at radius 2 is 1.90 bits per heavy atom. The summed E-state index contributed by atoms with van der Waals surface area (Å²) in [7, 11) is 3.77. The lowest BCUT2D eigenvalue weighted by molar-refractivity contribution is -0.172. The fourth-order valence-corrected chi connectivity index (χ4v) is 4.22. The van der Waals surface area contributed by atoms with Gasteiger partial charge in [-0.25, -0.2) is 0 Å². The van der Waals surface area contributed by atoms with Crippen LogP contribution in [0.1, 0.15) is 46.0 Å². The number of fused-ring (bicyclic) bond motifs is 1. The van der Waals surface area contributed by atoms with Gasteiger partial charge in [0, 0.05) is 24.4 Å². The minimum atomic E-state index is -1.25. The van der Waals surface area contributed by atoms with Gasteiger partial charge in [-0.1, -0.05) is 12.8 Å². The third kappa shape index (κ3) is 2.99. The van der Waals surface area contributed by atoms with Gasteiger partial charge in [0.05, 0.1) is 6.54 Å². The molecule has 0 radical (unpaired) electrons. The van der Waals surface area contributed by atoms with Crippen molar-refractivity contribution >= 4 is 11.7 Å². The van der Waals surface area contributed by atoms with Crippen molar-refractivity contribution in [3.05, 3.63) is 0 Å². The number of hydrogen-bond donors (Lipinski definition) is 1. The minimum absolute atomic E-state index is 0.00356. The predicted molar refractivity (Wildman–Crippen MR) is 80.9 cm³/mol. The Balaban J connectivity index is 2.29. The van der Waals surface area contributed by atoms with E-state index in [0.29, 0.717) is 13.0 Å². The van der Waals surface area contributed by atoms with Gasteiger partial charge in [0.2, 0.25) is 5.91 Å². The molecule has 1 heterocycles. The average molecular weight is 296 g/mol. The van der Waals surface area contributed by atoms with Gasteiger partial charge in [0.15, 0.2) is 5.78 Å². The highest BCUT2D eigenvalue weighted by atomic mass is 16.3. The standard InChI is InChI=1S/C16H28N2O3/c1-11-9-16(21,12(2)19)13-7-5-6-8-14(13)18(11)15(20)10-17(3)4/h11,13-14,21H,5-10H2,1-4H3. The summed E-state index contributed by atoms with van der Waals surface area (Å²) in [6.45, 7) is 3.81. The maximum Gasteiger partial charge on any atom is 0.237 e. The van der Waals surface area contributed by atoms with Crippen molar-refractivity contribution in [1.82, 2.24) is 9.80 Å². The van der Waals surface area contributed by atoms with Crippen LogP contribution in [0.25, 0.3) is 0 Å². The molecule has 1 N–H and O–H groups in total. The fraction of sp³-hybridized carbons (Fsp3) is 0.875. The Hall–Kier alpha value is -0.940. The third-order valence-electron chi connectivity index (χ3n) is 5.13. The Labute approximate surface area is 127 Å². The van der Waals surface area contributed by atoms with Crippen molar-refractivity contribution in [3.8, 4) is 0 Å². The lowest BCUT2D eigenvalue weighted by Crippen LogP contribution is -2.66. The van der Waals surface area contributed by atoms with Crippen molar-refractivity contribution in [2.75, 3.05) is 20.6 Å². The zero-order valence-electron chi connectivity index (χ0n) is 13.6. The Morgan fingerprint density at radius 1 is 1.29 bits per heavy atom. The van der Waals surface area contributed by atoms with Crippen LogP contribution in [0.2, 0.25) is 0 Å². The summed E-state index contributed by atoms with van der Waals surface area (Å²) >= 11 is 0. The van der Waals surface area contributed by atoms with Crippen LogP contribution in [0.5, 0.6) is 0 Å². The molecule has 1 aliphatic heterocycles. The van der Waals surface area contributed by atoms with Crippen molar-refractivity contribution in [3.63, 3.8) is 0 Å². The molecule has 4 atom stereocenters. The van der Waals surface area contributed by atoms with Crippen LogP contribution in [-0.2, 0) is 9.59 Å². The first kappa shape index (κ1) is 16.4. The topological polar surface area (TPSA) is 60.9 Å². The second kappa shape index (κ2) is 6.05. The second-order valence-electron chi connectivity index (χ2n) is 7.03. The van der Waals surface area contributed by atoms with Crippen LogP contribution >= 0.6 is 0 Å². The molecule has 1 amide bonds. The SMILES string of the molecule is CC(=O)C1(O)CC(C)N(C(=O)CN(C)C)C2CCCCC21. The zero-order valence-corrected chi connectivity index (χ0v) is 13.6. The van der Waals surface area contributed by atoms with Crippen LogP contribution in [-0.4, -0.2) is 64.9 Å². The second-order valence-corrected chi connectivity index (χ2v) is 7.03. The van der Waals surface area contributed by atoms with E-state index in [1.807, 2.05) is 30.8 Å². The summed E-state index contributed by atoms with van der Waals surface area (Å²) in [6, 6.07) is -0.0884. The Bertz CT molecular complexity index is 424. The number of rotatable bonds is 3. The average Bonchev–Trinajstić information content (AvgIpc) is 2.37. The van der Waals surface area contributed by atoms with Crippen LogP contribution in [0.3, 0.4) is 0 Å². The number of aliphatic hydroxyl groups is 1. The van der Waals surface area contributed by atoms with E-state index in [0.717, 1.165) is 25.7 Å². The largest absolute Gasteiger partial charge is 0.382 e. The van der Waals surface area contributed by atoms with Gasteiger partial charge in [-0.05, 0) is 40.8 Å². The number of likely N-dealkylation sites (tertiary alicyclic amines) is 1. The molecule has 1 saturated heterocycles. The maximum absolute atomic E-state index is 12.6. The molecule has 5 nitrogen and oxygen atoms in total. The molecule has 2 aliphatic rings. The first-order valence-corrected chi connectivity index (χ1v) is 7.96. The summed E-state index contributed by atoms with van der Waals surface area (Å²) in [4.78, 5) is 28.4. The van der Waals surface area contributed by atoms with Gasteiger partial charge in [-0.15, -0.1) is 0 Å². The van der Waals surface area contributed by atoms with Crippen LogP contribution in [0, 0.1) is 5.92 Å². The van der Waals surface area contributed by atoms with Crippen molar-refractivity contribution < 1.29 is 14.7 Å².